The Kier molecular flexibility index (Phi) is 7.97. The van der Waals surface area contributed by atoms with Gasteiger partial charge in [-0.2, -0.15) is 0 Å². The average Bonchev–Trinajstić information content (AvgIpc) is 2.95. The maximum atomic E-state index is 13.4. The minimum atomic E-state index is -0.804. The normalized spacial score (nSPS) is 18.6. The van der Waals surface area contributed by atoms with Crippen molar-refractivity contribution in [3.63, 3.8) is 0 Å². The Bertz CT molecular complexity index is 1330. The van der Waals surface area contributed by atoms with Gasteiger partial charge in [0.25, 0.3) is 5.91 Å². The number of nitrogens with one attached hydrogen (secondary N) is 1. The molecule has 0 aromatic heterocycles. The number of fused-ring (bicyclic) bond motifs is 1. The van der Waals surface area contributed by atoms with E-state index in [1.807, 2.05) is 72.8 Å². The molecule has 1 fully saturated rings. The van der Waals surface area contributed by atoms with Crippen molar-refractivity contribution >= 4 is 52.9 Å². The van der Waals surface area contributed by atoms with Gasteiger partial charge in [-0.25, -0.2) is 4.79 Å². The summed E-state index contributed by atoms with van der Waals surface area (Å²) in [6.45, 7) is 0. The molecule has 3 aromatic rings. The standard InChI is InChI=1S/C28H23ClN2O5S2/c29-19-11-13-20(14-12-19)37-16-22(33)30-23-26(34)31-24(21(32)15-38-27(23)31)28(35)36-25(17-7-3-1-4-8-17)18-9-5-2-6-10-18/h1-14,23,25,27,32H,15-16H2,(H,30,33)/t23?,27-/m1/s1. The average molecular weight is 567 g/mol. The summed E-state index contributed by atoms with van der Waals surface area (Å²) in [6, 6.07) is 24.8. The number of esters is 1. The molecule has 3 aromatic carbocycles. The number of carbonyl (C=O) groups excluding carboxylic acids is 3. The van der Waals surface area contributed by atoms with Crippen LogP contribution in [0.15, 0.2) is 101 Å². The number of benzene rings is 3. The van der Waals surface area contributed by atoms with E-state index < -0.39 is 29.4 Å². The van der Waals surface area contributed by atoms with Crippen molar-refractivity contribution in [3.8, 4) is 0 Å². The lowest BCUT2D eigenvalue weighted by atomic mass is 10.0. The van der Waals surface area contributed by atoms with Crippen LogP contribution in [0.1, 0.15) is 17.2 Å². The lowest BCUT2D eigenvalue weighted by molar-refractivity contribution is -0.155. The molecule has 1 unspecified atom stereocenters. The molecule has 2 aliphatic rings. The monoisotopic (exact) mass is 566 g/mol. The first kappa shape index (κ1) is 26.2. The molecule has 194 valence electrons. The van der Waals surface area contributed by atoms with Gasteiger partial charge in [0, 0.05) is 9.92 Å². The van der Waals surface area contributed by atoms with Crippen molar-refractivity contribution < 1.29 is 24.2 Å². The number of amides is 2. The number of aliphatic hydroxyl groups excluding tert-OH is 1. The number of hydrogen-bond acceptors (Lipinski definition) is 7. The van der Waals surface area contributed by atoms with Gasteiger partial charge in [0.05, 0.1) is 11.5 Å². The third-order valence-electron chi connectivity index (χ3n) is 6.07. The van der Waals surface area contributed by atoms with Crippen LogP contribution in [0.3, 0.4) is 0 Å². The quantitative estimate of drug-likeness (QED) is 0.227. The number of nitrogens with zero attached hydrogens (tertiary/aromatic N) is 1. The molecule has 5 rings (SSSR count). The molecule has 0 saturated carbocycles. The molecular formula is C28H23ClN2O5S2. The van der Waals surface area contributed by atoms with Crippen molar-refractivity contribution in [2.45, 2.75) is 22.4 Å². The maximum absolute atomic E-state index is 13.4. The molecule has 2 aliphatic heterocycles. The molecule has 2 amide bonds. The SMILES string of the molecule is O=C(CSc1ccc(Cl)cc1)NC1C(=O)N2C(C(=O)OC(c3ccccc3)c3ccccc3)=C(O)CS[C@H]12. The molecular weight excluding hydrogens is 544 g/mol. The Balaban J connectivity index is 1.27. The summed E-state index contributed by atoms with van der Waals surface area (Å²) >= 11 is 8.50. The number of halogens is 1. The first-order valence-electron chi connectivity index (χ1n) is 11.8. The van der Waals surface area contributed by atoms with Crippen molar-refractivity contribution in [2.75, 3.05) is 11.5 Å². The summed E-state index contributed by atoms with van der Waals surface area (Å²) in [5.41, 5.74) is 1.33. The lowest BCUT2D eigenvalue weighted by Gasteiger charge is -2.48. The Morgan fingerprint density at radius 1 is 1.03 bits per heavy atom. The van der Waals surface area contributed by atoms with Gasteiger partial charge < -0.3 is 15.2 Å². The van der Waals surface area contributed by atoms with Gasteiger partial charge in [-0.1, -0.05) is 72.3 Å². The molecule has 1 saturated heterocycles. The molecule has 38 heavy (non-hydrogen) atoms. The predicted octanol–water partition coefficient (Wildman–Crippen LogP) is 4.93. The number of β-lactam (4-membered cyclic amide) rings is 1. The number of ether oxygens (including phenoxy) is 1. The third-order valence-corrected chi connectivity index (χ3v) is 8.60. The third kappa shape index (κ3) is 5.55. The zero-order valence-electron chi connectivity index (χ0n) is 20.0. The molecule has 2 heterocycles. The van der Waals surface area contributed by atoms with Crippen LogP contribution in [0.5, 0.6) is 0 Å². The predicted molar refractivity (Wildman–Crippen MR) is 148 cm³/mol. The number of rotatable bonds is 8. The Morgan fingerprint density at radius 3 is 2.24 bits per heavy atom. The summed E-state index contributed by atoms with van der Waals surface area (Å²) in [6.07, 6.45) is -0.727. The van der Waals surface area contributed by atoms with Gasteiger partial charge in [0.2, 0.25) is 5.91 Å². The van der Waals surface area contributed by atoms with Gasteiger partial charge >= 0.3 is 5.97 Å². The molecule has 2 N–H and O–H groups in total. The molecule has 7 nitrogen and oxygen atoms in total. The summed E-state index contributed by atoms with van der Waals surface area (Å²) in [5, 5.41) is 13.4. The topological polar surface area (TPSA) is 95.9 Å². The van der Waals surface area contributed by atoms with Crippen LogP contribution in [-0.2, 0) is 19.1 Å². The van der Waals surface area contributed by atoms with Crippen LogP contribution in [0.25, 0.3) is 0 Å². The van der Waals surface area contributed by atoms with Gasteiger partial charge in [0.15, 0.2) is 11.8 Å². The first-order chi connectivity index (χ1) is 18.4. The number of carbonyl (C=O) groups is 3. The van der Waals surface area contributed by atoms with E-state index in [4.69, 9.17) is 16.3 Å². The Hall–Kier alpha value is -3.40. The minimum absolute atomic E-state index is 0.117. The second kappa shape index (κ2) is 11.6. The Morgan fingerprint density at radius 2 is 1.63 bits per heavy atom. The highest BCUT2D eigenvalue weighted by Gasteiger charge is 2.55. The van der Waals surface area contributed by atoms with Crippen molar-refractivity contribution in [2.24, 2.45) is 0 Å². The largest absolute Gasteiger partial charge is 0.509 e. The van der Waals surface area contributed by atoms with Gasteiger partial charge in [-0.3, -0.25) is 14.5 Å². The minimum Gasteiger partial charge on any atom is -0.509 e. The highest BCUT2D eigenvalue weighted by molar-refractivity contribution is 8.00. The zero-order chi connectivity index (χ0) is 26.6. The highest BCUT2D eigenvalue weighted by Crippen LogP contribution is 2.41. The number of aliphatic hydroxyl groups is 1. The lowest BCUT2D eigenvalue weighted by Crippen LogP contribution is -2.70. The van der Waals surface area contributed by atoms with Crippen molar-refractivity contribution in [1.29, 1.82) is 0 Å². The summed E-state index contributed by atoms with van der Waals surface area (Å²) in [4.78, 5) is 41.1. The summed E-state index contributed by atoms with van der Waals surface area (Å²) < 4.78 is 5.89. The van der Waals surface area contributed by atoms with Gasteiger partial charge in [-0.05, 0) is 35.4 Å². The van der Waals surface area contributed by atoms with Crippen molar-refractivity contribution in [3.05, 3.63) is 113 Å². The van der Waals surface area contributed by atoms with Crippen LogP contribution in [0.2, 0.25) is 5.02 Å². The smallest absolute Gasteiger partial charge is 0.359 e. The Labute approximate surface area is 233 Å². The molecule has 10 heteroatoms. The molecule has 0 radical (unpaired) electrons. The summed E-state index contributed by atoms with van der Waals surface area (Å²) in [5.74, 6) is -1.57. The molecule has 0 bridgehead atoms. The fourth-order valence-corrected chi connectivity index (χ4v) is 6.27. The fraction of sp³-hybridized carbons (Fsp3) is 0.179. The fourth-order valence-electron chi connectivity index (χ4n) is 4.24. The van der Waals surface area contributed by atoms with Crippen molar-refractivity contribution in [1.82, 2.24) is 10.2 Å². The highest BCUT2D eigenvalue weighted by atomic mass is 35.5. The van der Waals surface area contributed by atoms with E-state index in [1.54, 1.807) is 12.1 Å². The van der Waals surface area contributed by atoms with Crippen LogP contribution < -0.4 is 5.32 Å². The zero-order valence-corrected chi connectivity index (χ0v) is 22.3. The van der Waals surface area contributed by atoms with E-state index >= 15 is 0 Å². The molecule has 0 spiro atoms. The van der Waals surface area contributed by atoms with E-state index in [-0.39, 0.29) is 28.9 Å². The first-order valence-corrected chi connectivity index (χ1v) is 14.2. The summed E-state index contributed by atoms with van der Waals surface area (Å²) in [7, 11) is 0. The van der Waals surface area contributed by atoms with E-state index in [2.05, 4.69) is 5.32 Å². The van der Waals surface area contributed by atoms with Crippen LogP contribution >= 0.6 is 35.1 Å². The van der Waals surface area contributed by atoms with Crippen LogP contribution in [-0.4, -0.2) is 50.7 Å². The van der Waals surface area contributed by atoms with Crippen LogP contribution in [0, 0.1) is 0 Å². The van der Waals surface area contributed by atoms with Crippen LogP contribution in [0.4, 0.5) is 0 Å². The number of thioether (sulfide) groups is 2. The van der Waals surface area contributed by atoms with E-state index in [0.29, 0.717) is 5.02 Å². The van der Waals surface area contributed by atoms with E-state index in [1.165, 1.54) is 28.4 Å². The molecule has 0 aliphatic carbocycles. The van der Waals surface area contributed by atoms with Gasteiger partial charge in [-0.15, -0.1) is 23.5 Å². The second-order valence-corrected chi connectivity index (χ2v) is 11.2. The number of hydrogen-bond donors (Lipinski definition) is 2. The van der Waals surface area contributed by atoms with Gasteiger partial charge in [0.1, 0.15) is 17.2 Å². The maximum Gasteiger partial charge on any atom is 0.359 e. The van der Waals surface area contributed by atoms with E-state index in [9.17, 15) is 19.5 Å². The van der Waals surface area contributed by atoms with E-state index in [0.717, 1.165) is 16.0 Å². The molecule has 2 atom stereocenters. The second-order valence-electron chi connectivity index (χ2n) is 8.60.